The molecule has 0 unspecified atom stereocenters. The summed E-state index contributed by atoms with van der Waals surface area (Å²) in [7, 11) is -7.55. The zero-order chi connectivity index (χ0) is 38.6. The third-order valence-electron chi connectivity index (χ3n) is 7.58. The molecule has 8 nitrogen and oxygen atoms in total. The number of sulfonamides is 2. The van der Waals surface area contributed by atoms with Crippen molar-refractivity contribution in [1.82, 2.24) is 0 Å². The smallest absolute Gasteiger partial charge is 0.261 e. The van der Waals surface area contributed by atoms with Crippen LogP contribution in [0.25, 0.3) is 12.2 Å². The number of carbonyl (C=O) groups is 2. The number of nitrogens with one attached hydrogen (secondary N) is 2. The highest BCUT2D eigenvalue weighted by Gasteiger charge is 2.18. The average molecular weight is 885 g/mol. The van der Waals surface area contributed by atoms with Crippen LogP contribution in [-0.4, -0.2) is 28.4 Å². The molecular formula is C42H32Br2N2O6S2. The van der Waals surface area contributed by atoms with E-state index in [4.69, 9.17) is 0 Å². The lowest BCUT2D eigenvalue weighted by Crippen LogP contribution is -2.15. The first-order valence-corrected chi connectivity index (χ1v) is 20.8. The van der Waals surface area contributed by atoms with Crippen LogP contribution in [0.3, 0.4) is 0 Å². The van der Waals surface area contributed by atoms with Gasteiger partial charge in [0.15, 0.2) is 11.6 Å². The molecule has 0 bridgehead atoms. The van der Waals surface area contributed by atoms with Gasteiger partial charge in [-0.1, -0.05) is 129 Å². The van der Waals surface area contributed by atoms with Gasteiger partial charge in [-0.3, -0.25) is 19.0 Å². The molecule has 0 radical (unpaired) electrons. The largest absolute Gasteiger partial charge is 0.289 e. The first-order chi connectivity index (χ1) is 25.9. The van der Waals surface area contributed by atoms with E-state index in [-0.39, 0.29) is 43.9 Å². The van der Waals surface area contributed by atoms with Gasteiger partial charge >= 0.3 is 0 Å². The molecule has 0 aromatic heterocycles. The van der Waals surface area contributed by atoms with E-state index in [0.29, 0.717) is 0 Å². The summed E-state index contributed by atoms with van der Waals surface area (Å²) in [5, 5.41) is 0. The van der Waals surface area contributed by atoms with Crippen LogP contribution in [0.1, 0.15) is 31.8 Å². The summed E-state index contributed by atoms with van der Waals surface area (Å²) in [6.45, 7) is 0. The zero-order valence-corrected chi connectivity index (χ0v) is 33.1. The number of anilines is 2. The first kappa shape index (κ1) is 39.8. The normalized spacial score (nSPS) is 11.4. The molecule has 0 fully saturated rings. The monoisotopic (exact) mass is 882 g/mol. The molecule has 6 rings (SSSR count). The maximum absolute atomic E-state index is 12.6. The number of rotatable bonds is 12. The molecule has 0 aliphatic carbocycles. The fourth-order valence-corrected chi connectivity index (χ4v) is 7.58. The van der Waals surface area contributed by atoms with Crippen LogP contribution in [-0.2, 0) is 20.0 Å². The average Bonchev–Trinajstić information content (AvgIpc) is 3.18. The third kappa shape index (κ3) is 11.3. The van der Waals surface area contributed by atoms with Gasteiger partial charge in [-0.25, -0.2) is 16.8 Å². The van der Waals surface area contributed by atoms with E-state index in [0.717, 1.165) is 20.1 Å². The van der Waals surface area contributed by atoms with Crippen molar-refractivity contribution >= 4 is 87.0 Å². The zero-order valence-electron chi connectivity index (χ0n) is 28.3. The molecule has 0 spiro atoms. The Morgan fingerprint density at radius 1 is 0.426 bits per heavy atom. The van der Waals surface area contributed by atoms with E-state index < -0.39 is 20.0 Å². The summed E-state index contributed by atoms with van der Waals surface area (Å²) in [5.41, 5.74) is 2.79. The first-order valence-electron chi connectivity index (χ1n) is 16.2. The molecule has 0 aliphatic rings. The van der Waals surface area contributed by atoms with Crippen LogP contribution in [0.5, 0.6) is 0 Å². The predicted molar refractivity (Wildman–Crippen MR) is 222 cm³/mol. The van der Waals surface area contributed by atoms with Gasteiger partial charge < -0.3 is 0 Å². The summed E-state index contributed by atoms with van der Waals surface area (Å²) >= 11 is 6.73. The minimum atomic E-state index is -3.77. The molecule has 0 saturated heterocycles. The van der Waals surface area contributed by atoms with E-state index in [2.05, 4.69) is 41.3 Å². The molecule has 0 aliphatic heterocycles. The number of halogens is 2. The van der Waals surface area contributed by atoms with Crippen molar-refractivity contribution < 1.29 is 26.4 Å². The third-order valence-corrected chi connectivity index (χ3v) is 11.4. The van der Waals surface area contributed by atoms with E-state index in [1.807, 2.05) is 48.5 Å². The molecule has 0 atom stereocenters. The molecular weight excluding hydrogens is 852 g/mol. The number of allylic oxidation sites excluding steroid dienone is 2. The fourth-order valence-electron chi connectivity index (χ4n) is 4.85. The quantitative estimate of drug-likeness (QED) is 0.0931. The second kappa shape index (κ2) is 18.6. The lowest BCUT2D eigenvalue weighted by molar-refractivity contribution is 0.104. The standard InChI is InChI=1S/2C21H16BrNO3S/c2*22-17-13-10-16(11-14-17)12-15-21(24)19-8-4-5-9-20(19)23-27(25,26)18-6-2-1-3-7-18/h2*1-15,23H/b2*15-12+. The fraction of sp³-hybridized carbons (Fsp3) is 0. The second-order valence-electron chi connectivity index (χ2n) is 11.4. The number of ketones is 2. The van der Waals surface area contributed by atoms with Crippen molar-refractivity contribution in [2.24, 2.45) is 0 Å². The van der Waals surface area contributed by atoms with Gasteiger partial charge in [0.25, 0.3) is 20.0 Å². The Kier molecular flexibility index (Phi) is 13.7. The van der Waals surface area contributed by atoms with Gasteiger partial charge in [-0.2, -0.15) is 0 Å². The number of carbonyl (C=O) groups excluding carboxylic acids is 2. The van der Waals surface area contributed by atoms with E-state index in [1.54, 1.807) is 97.1 Å². The lowest BCUT2D eigenvalue weighted by atomic mass is 10.1. The highest BCUT2D eigenvalue weighted by molar-refractivity contribution is 9.10. The molecule has 2 N–H and O–H groups in total. The molecule has 6 aromatic rings. The van der Waals surface area contributed by atoms with Crippen LogP contribution in [0.4, 0.5) is 11.4 Å². The van der Waals surface area contributed by atoms with Crippen molar-refractivity contribution in [3.8, 4) is 0 Å². The second-order valence-corrected chi connectivity index (χ2v) is 16.6. The summed E-state index contributed by atoms with van der Waals surface area (Å²) in [4.78, 5) is 25.5. The molecule has 54 heavy (non-hydrogen) atoms. The molecule has 0 saturated carbocycles. The van der Waals surface area contributed by atoms with Crippen LogP contribution in [0.15, 0.2) is 189 Å². The van der Waals surface area contributed by atoms with Crippen LogP contribution in [0, 0.1) is 0 Å². The topological polar surface area (TPSA) is 126 Å². The van der Waals surface area contributed by atoms with Crippen LogP contribution < -0.4 is 9.44 Å². The number of hydrogen-bond donors (Lipinski definition) is 2. The summed E-state index contributed by atoms with van der Waals surface area (Å²) in [5.74, 6) is -0.575. The van der Waals surface area contributed by atoms with Crippen molar-refractivity contribution in [3.63, 3.8) is 0 Å². The van der Waals surface area contributed by atoms with Gasteiger partial charge in [0, 0.05) is 20.1 Å². The van der Waals surface area contributed by atoms with Crippen molar-refractivity contribution in [1.29, 1.82) is 0 Å². The van der Waals surface area contributed by atoms with E-state index >= 15 is 0 Å². The Bertz CT molecular complexity index is 2330. The predicted octanol–water partition coefficient (Wildman–Crippen LogP) is 10.3. The maximum atomic E-state index is 12.6. The minimum Gasteiger partial charge on any atom is -0.289 e. The van der Waals surface area contributed by atoms with Gasteiger partial charge in [0.1, 0.15) is 0 Å². The number of para-hydroxylation sites is 2. The van der Waals surface area contributed by atoms with Crippen LogP contribution in [0.2, 0.25) is 0 Å². The highest BCUT2D eigenvalue weighted by Crippen LogP contribution is 2.23. The number of benzene rings is 6. The van der Waals surface area contributed by atoms with Gasteiger partial charge in [0.05, 0.1) is 21.2 Å². The van der Waals surface area contributed by atoms with Crippen molar-refractivity contribution in [2.75, 3.05) is 9.44 Å². The Hall–Kier alpha value is -5.40. The molecule has 12 heteroatoms. The Morgan fingerprint density at radius 2 is 0.741 bits per heavy atom. The molecule has 0 amide bonds. The molecule has 272 valence electrons. The summed E-state index contributed by atoms with van der Waals surface area (Å²) in [6.07, 6.45) is 6.24. The van der Waals surface area contributed by atoms with Gasteiger partial charge in [-0.05, 0) is 96.1 Å². The highest BCUT2D eigenvalue weighted by atomic mass is 79.9. The lowest BCUT2D eigenvalue weighted by Gasteiger charge is -2.11. The summed E-state index contributed by atoms with van der Waals surface area (Å²) < 4.78 is 57.1. The minimum absolute atomic E-state index is 0.137. The van der Waals surface area contributed by atoms with Crippen molar-refractivity contribution in [3.05, 3.63) is 201 Å². The van der Waals surface area contributed by atoms with Crippen molar-refractivity contribution in [2.45, 2.75) is 9.79 Å². The van der Waals surface area contributed by atoms with Gasteiger partial charge in [0.2, 0.25) is 0 Å². The maximum Gasteiger partial charge on any atom is 0.261 e. The molecule has 6 aromatic carbocycles. The van der Waals surface area contributed by atoms with Crippen LogP contribution >= 0.6 is 31.9 Å². The number of hydrogen-bond acceptors (Lipinski definition) is 6. The Labute approximate surface area is 331 Å². The Morgan fingerprint density at radius 3 is 1.09 bits per heavy atom. The molecule has 0 heterocycles. The SMILES string of the molecule is O=C(/C=C/c1ccc(Br)cc1)c1ccccc1NS(=O)(=O)c1ccccc1.O=C(/C=C/c1ccc(Br)cc1)c1ccccc1NS(=O)(=O)c1ccccc1. The van der Waals surface area contributed by atoms with E-state index in [9.17, 15) is 26.4 Å². The van der Waals surface area contributed by atoms with E-state index in [1.165, 1.54) is 36.4 Å². The van der Waals surface area contributed by atoms with Gasteiger partial charge in [-0.15, -0.1) is 0 Å². The Balaban J connectivity index is 0.000000208. The summed E-state index contributed by atoms with van der Waals surface area (Å²) in [6, 6.07) is 44.2.